The molecule has 0 atom stereocenters. The van der Waals surface area contributed by atoms with Crippen LogP contribution in [-0.4, -0.2) is 27.4 Å². The summed E-state index contributed by atoms with van der Waals surface area (Å²) in [4.78, 5) is 15.0. The molecule has 1 fully saturated rings. The van der Waals surface area contributed by atoms with Crippen LogP contribution in [0.1, 0.15) is 18.4 Å². The van der Waals surface area contributed by atoms with E-state index in [1.807, 2.05) is 0 Å². The third-order valence-electron chi connectivity index (χ3n) is 5.46. The van der Waals surface area contributed by atoms with Crippen molar-refractivity contribution in [1.29, 1.82) is 0 Å². The number of anilines is 3. The lowest BCUT2D eigenvalue weighted by Gasteiger charge is -2.22. The van der Waals surface area contributed by atoms with Crippen LogP contribution in [0.4, 0.5) is 17.1 Å². The number of hydrogen-bond donors (Lipinski definition) is 2. The van der Waals surface area contributed by atoms with E-state index in [9.17, 15) is 13.2 Å². The molecule has 0 unspecified atom stereocenters. The Balaban J connectivity index is 1.61. The largest absolute Gasteiger partial charge is 0.370 e. The lowest BCUT2D eigenvalue weighted by molar-refractivity contribution is -0.115. The monoisotopic (exact) mass is 537 g/mol. The van der Waals surface area contributed by atoms with E-state index in [4.69, 9.17) is 34.8 Å². The smallest absolute Gasteiger partial charge is 0.261 e. The fourth-order valence-electron chi connectivity index (χ4n) is 3.78. The predicted octanol–water partition coefficient (Wildman–Crippen LogP) is 6.23. The second kappa shape index (κ2) is 10.4. The molecule has 1 heterocycles. The molecule has 0 spiro atoms. The van der Waals surface area contributed by atoms with E-state index in [1.54, 1.807) is 48.5 Å². The van der Waals surface area contributed by atoms with E-state index in [0.29, 0.717) is 32.0 Å². The molecule has 3 aromatic carbocycles. The number of halogens is 3. The Labute approximate surface area is 213 Å². The molecule has 178 valence electrons. The standard InChI is InChI=1S/C24H22Cl3N3O3S/c25-17-5-7-19(8-6-17)29-34(32,33)20-9-10-23(30-11-1-2-12-30)22(15-20)28-24(31)13-16-3-4-18(26)14-21(16)27/h3-10,14-15,29H,1-2,11-13H2,(H,28,31). The molecule has 4 rings (SSSR count). The van der Waals surface area contributed by atoms with Gasteiger partial charge < -0.3 is 10.2 Å². The van der Waals surface area contributed by atoms with E-state index in [-0.39, 0.29) is 17.2 Å². The first-order chi connectivity index (χ1) is 16.2. The molecular formula is C24H22Cl3N3O3S. The SMILES string of the molecule is O=C(Cc1ccc(Cl)cc1Cl)Nc1cc(S(=O)(=O)Nc2ccc(Cl)cc2)ccc1N1CCCC1. The van der Waals surface area contributed by atoms with Crippen LogP contribution in [0, 0.1) is 0 Å². The summed E-state index contributed by atoms with van der Waals surface area (Å²) in [5.74, 6) is -0.315. The van der Waals surface area contributed by atoms with Crippen LogP contribution in [0.15, 0.2) is 65.6 Å². The summed E-state index contributed by atoms with van der Waals surface area (Å²) in [6.07, 6.45) is 2.09. The molecule has 3 aromatic rings. The number of rotatable bonds is 7. The van der Waals surface area contributed by atoms with Gasteiger partial charge in [-0.2, -0.15) is 0 Å². The van der Waals surface area contributed by atoms with E-state index < -0.39 is 10.0 Å². The second-order valence-corrected chi connectivity index (χ2v) is 10.9. The first-order valence-corrected chi connectivity index (χ1v) is 13.2. The van der Waals surface area contributed by atoms with Gasteiger partial charge in [0, 0.05) is 33.8 Å². The normalized spacial score (nSPS) is 13.7. The van der Waals surface area contributed by atoms with Crippen LogP contribution in [0.5, 0.6) is 0 Å². The van der Waals surface area contributed by atoms with Gasteiger partial charge in [-0.3, -0.25) is 9.52 Å². The predicted molar refractivity (Wildman–Crippen MR) is 139 cm³/mol. The van der Waals surface area contributed by atoms with Crippen LogP contribution in [0.2, 0.25) is 15.1 Å². The van der Waals surface area contributed by atoms with Crippen LogP contribution < -0.4 is 14.9 Å². The summed E-state index contributed by atoms with van der Waals surface area (Å²) < 4.78 is 28.6. The maximum Gasteiger partial charge on any atom is 0.261 e. The van der Waals surface area contributed by atoms with Crippen LogP contribution in [0.3, 0.4) is 0 Å². The number of nitrogens with zero attached hydrogens (tertiary/aromatic N) is 1. The average Bonchev–Trinajstić information content (AvgIpc) is 3.32. The number of hydrogen-bond acceptors (Lipinski definition) is 4. The summed E-state index contributed by atoms with van der Waals surface area (Å²) in [6, 6.07) is 16.1. The minimum atomic E-state index is -3.89. The maximum atomic E-state index is 13.0. The molecule has 0 radical (unpaired) electrons. The number of sulfonamides is 1. The maximum absolute atomic E-state index is 13.0. The molecule has 1 amide bonds. The van der Waals surface area contributed by atoms with Gasteiger partial charge in [-0.1, -0.05) is 40.9 Å². The Bertz CT molecular complexity index is 1310. The third-order valence-corrected chi connectivity index (χ3v) is 7.68. The molecule has 0 saturated carbocycles. The fourth-order valence-corrected chi connectivity index (χ4v) is 5.47. The van der Waals surface area contributed by atoms with E-state index in [1.165, 1.54) is 12.1 Å². The molecule has 34 heavy (non-hydrogen) atoms. The van der Waals surface area contributed by atoms with Crippen molar-refractivity contribution < 1.29 is 13.2 Å². The molecule has 1 saturated heterocycles. The number of benzene rings is 3. The summed E-state index contributed by atoms with van der Waals surface area (Å²) in [6.45, 7) is 1.67. The number of nitrogens with one attached hydrogen (secondary N) is 2. The van der Waals surface area contributed by atoms with Gasteiger partial charge in [-0.25, -0.2) is 8.42 Å². The number of amides is 1. The highest BCUT2D eigenvalue weighted by Gasteiger charge is 2.22. The minimum Gasteiger partial charge on any atom is -0.370 e. The quantitative estimate of drug-likeness (QED) is 0.374. The Morgan fingerprint density at radius 1 is 0.882 bits per heavy atom. The summed E-state index contributed by atoms with van der Waals surface area (Å²) in [7, 11) is -3.89. The molecule has 6 nitrogen and oxygen atoms in total. The van der Waals surface area contributed by atoms with Crippen molar-refractivity contribution in [3.8, 4) is 0 Å². The lowest BCUT2D eigenvalue weighted by atomic mass is 10.1. The van der Waals surface area contributed by atoms with E-state index in [2.05, 4.69) is 14.9 Å². The highest BCUT2D eigenvalue weighted by atomic mass is 35.5. The zero-order valence-corrected chi connectivity index (χ0v) is 21.1. The zero-order chi connectivity index (χ0) is 24.3. The summed E-state index contributed by atoms with van der Waals surface area (Å²) in [5.41, 5.74) is 2.21. The molecule has 0 bridgehead atoms. The minimum absolute atomic E-state index is 0.0233. The zero-order valence-electron chi connectivity index (χ0n) is 18.0. The Morgan fingerprint density at radius 2 is 1.56 bits per heavy atom. The van der Waals surface area contributed by atoms with Crippen LogP contribution in [0.25, 0.3) is 0 Å². The molecule has 0 aromatic heterocycles. The van der Waals surface area contributed by atoms with E-state index in [0.717, 1.165) is 31.6 Å². The second-order valence-electron chi connectivity index (χ2n) is 7.95. The molecule has 2 N–H and O–H groups in total. The molecule has 10 heteroatoms. The van der Waals surface area contributed by atoms with Gasteiger partial charge in [-0.05, 0) is 73.0 Å². The first kappa shape index (κ1) is 24.7. The average molecular weight is 539 g/mol. The van der Waals surface area contributed by atoms with E-state index >= 15 is 0 Å². The van der Waals surface area contributed by atoms with Crippen molar-refractivity contribution in [2.75, 3.05) is 28.0 Å². The summed E-state index contributed by atoms with van der Waals surface area (Å²) >= 11 is 18.0. The molecule has 0 aliphatic carbocycles. The van der Waals surface area contributed by atoms with Crippen molar-refractivity contribution in [3.63, 3.8) is 0 Å². The van der Waals surface area contributed by atoms with Crippen molar-refractivity contribution in [1.82, 2.24) is 0 Å². The Hall–Kier alpha value is -2.45. The number of carbonyl (C=O) groups is 1. The lowest BCUT2D eigenvalue weighted by Crippen LogP contribution is -2.22. The molecule has 1 aliphatic rings. The van der Waals surface area contributed by atoms with Gasteiger partial charge in [0.1, 0.15) is 0 Å². The van der Waals surface area contributed by atoms with Gasteiger partial charge in [0.05, 0.1) is 22.7 Å². The summed E-state index contributed by atoms with van der Waals surface area (Å²) in [5, 5.41) is 4.26. The van der Waals surface area contributed by atoms with Crippen LogP contribution in [-0.2, 0) is 21.2 Å². The topological polar surface area (TPSA) is 78.5 Å². The van der Waals surface area contributed by atoms with Crippen LogP contribution >= 0.6 is 34.8 Å². The Kier molecular flexibility index (Phi) is 7.57. The van der Waals surface area contributed by atoms with Crippen molar-refractivity contribution in [2.24, 2.45) is 0 Å². The Morgan fingerprint density at radius 3 is 2.24 bits per heavy atom. The van der Waals surface area contributed by atoms with Crippen molar-refractivity contribution in [3.05, 3.63) is 81.3 Å². The third kappa shape index (κ3) is 5.96. The van der Waals surface area contributed by atoms with Gasteiger partial charge >= 0.3 is 0 Å². The fraction of sp³-hybridized carbons (Fsp3) is 0.208. The highest BCUT2D eigenvalue weighted by molar-refractivity contribution is 7.92. The van der Waals surface area contributed by atoms with Gasteiger partial charge in [-0.15, -0.1) is 0 Å². The first-order valence-electron chi connectivity index (χ1n) is 10.6. The van der Waals surface area contributed by atoms with Gasteiger partial charge in [0.2, 0.25) is 5.91 Å². The number of carbonyl (C=O) groups excluding carboxylic acids is 1. The highest BCUT2D eigenvalue weighted by Crippen LogP contribution is 2.32. The molecular weight excluding hydrogens is 517 g/mol. The van der Waals surface area contributed by atoms with Gasteiger partial charge in [0.15, 0.2) is 0 Å². The van der Waals surface area contributed by atoms with Crippen molar-refractivity contribution >= 4 is 67.8 Å². The van der Waals surface area contributed by atoms with Crippen molar-refractivity contribution in [2.45, 2.75) is 24.2 Å². The molecule has 1 aliphatic heterocycles. The van der Waals surface area contributed by atoms with Gasteiger partial charge in [0.25, 0.3) is 10.0 Å².